The summed E-state index contributed by atoms with van der Waals surface area (Å²) in [5.74, 6) is -1.03. The Labute approximate surface area is 107 Å². The molecule has 1 aromatic carbocycles. The average Bonchev–Trinajstić information content (AvgIpc) is 2.36. The zero-order chi connectivity index (χ0) is 13.7. The number of Topliss-reactive ketones (excluding diaryl/α,β-unsaturated/α-hetero) is 1. The molecule has 0 unspecified atom stereocenters. The Morgan fingerprint density at radius 1 is 1.17 bits per heavy atom. The lowest BCUT2D eigenvalue weighted by Gasteiger charge is -2.07. The van der Waals surface area contributed by atoms with Crippen molar-refractivity contribution in [1.29, 1.82) is 0 Å². The van der Waals surface area contributed by atoms with Crippen LogP contribution in [0, 0.1) is 12.8 Å². The molecular formula is C15H18O3. The van der Waals surface area contributed by atoms with Gasteiger partial charge in [-0.3, -0.25) is 4.79 Å². The van der Waals surface area contributed by atoms with Gasteiger partial charge in [-0.15, -0.1) is 0 Å². The first-order chi connectivity index (χ1) is 8.45. The molecule has 0 heterocycles. The van der Waals surface area contributed by atoms with Crippen molar-refractivity contribution >= 4 is 17.8 Å². The number of esters is 1. The largest absolute Gasteiger partial charge is 0.465 e. The van der Waals surface area contributed by atoms with Gasteiger partial charge in [0, 0.05) is 5.92 Å². The number of ketones is 1. The molecule has 1 rings (SSSR count). The van der Waals surface area contributed by atoms with E-state index in [1.807, 2.05) is 31.2 Å². The summed E-state index contributed by atoms with van der Waals surface area (Å²) >= 11 is 0. The minimum absolute atomic E-state index is 0.0938. The Balaban J connectivity index is 3.14. The molecule has 0 saturated carbocycles. The minimum atomic E-state index is -0.589. The van der Waals surface area contributed by atoms with Gasteiger partial charge in [-0.1, -0.05) is 43.7 Å². The third-order valence-corrected chi connectivity index (χ3v) is 2.58. The van der Waals surface area contributed by atoms with Crippen LogP contribution in [0.3, 0.4) is 0 Å². The van der Waals surface area contributed by atoms with Gasteiger partial charge < -0.3 is 4.74 Å². The highest BCUT2D eigenvalue weighted by molar-refractivity contribution is 6.21. The highest BCUT2D eigenvalue weighted by Crippen LogP contribution is 2.14. The van der Waals surface area contributed by atoms with E-state index in [0.717, 1.165) is 11.1 Å². The summed E-state index contributed by atoms with van der Waals surface area (Å²) in [6, 6.07) is 7.60. The summed E-state index contributed by atoms with van der Waals surface area (Å²) in [5, 5.41) is 0. The fraction of sp³-hybridized carbons (Fsp3) is 0.333. The van der Waals surface area contributed by atoms with Crippen molar-refractivity contribution in [3.8, 4) is 0 Å². The molecule has 0 saturated heterocycles. The van der Waals surface area contributed by atoms with E-state index in [1.54, 1.807) is 19.9 Å². The highest BCUT2D eigenvalue weighted by atomic mass is 16.5. The van der Waals surface area contributed by atoms with Crippen LogP contribution in [0.2, 0.25) is 0 Å². The quantitative estimate of drug-likeness (QED) is 0.355. The Kier molecular flexibility index (Phi) is 4.84. The van der Waals surface area contributed by atoms with Gasteiger partial charge in [-0.25, -0.2) is 4.79 Å². The van der Waals surface area contributed by atoms with E-state index in [0.29, 0.717) is 0 Å². The van der Waals surface area contributed by atoms with Gasteiger partial charge in [-0.05, 0) is 18.6 Å². The van der Waals surface area contributed by atoms with Gasteiger partial charge >= 0.3 is 5.97 Å². The number of hydrogen-bond donors (Lipinski definition) is 0. The van der Waals surface area contributed by atoms with Crippen LogP contribution in [0.15, 0.2) is 29.8 Å². The fourth-order valence-corrected chi connectivity index (χ4v) is 1.48. The molecule has 0 fully saturated rings. The summed E-state index contributed by atoms with van der Waals surface area (Å²) in [6.45, 7) is 5.50. The summed E-state index contributed by atoms with van der Waals surface area (Å²) < 4.78 is 4.65. The monoisotopic (exact) mass is 246 g/mol. The average molecular weight is 246 g/mol. The van der Waals surface area contributed by atoms with Gasteiger partial charge in [-0.2, -0.15) is 0 Å². The van der Waals surface area contributed by atoms with Crippen LogP contribution in [0.4, 0.5) is 0 Å². The second kappa shape index (κ2) is 6.15. The zero-order valence-corrected chi connectivity index (χ0v) is 11.2. The number of carbonyl (C=O) groups excluding carboxylic acids is 2. The van der Waals surface area contributed by atoms with E-state index in [1.165, 1.54) is 7.11 Å². The van der Waals surface area contributed by atoms with Crippen molar-refractivity contribution in [2.24, 2.45) is 5.92 Å². The maximum Gasteiger partial charge on any atom is 0.341 e. The van der Waals surface area contributed by atoms with Crippen LogP contribution in [0.25, 0.3) is 6.08 Å². The van der Waals surface area contributed by atoms with Crippen molar-refractivity contribution in [3.05, 3.63) is 41.0 Å². The summed E-state index contributed by atoms with van der Waals surface area (Å²) in [6.07, 6.45) is 1.58. The molecule has 0 N–H and O–H groups in total. The molecule has 0 atom stereocenters. The second-order valence-corrected chi connectivity index (χ2v) is 4.48. The lowest BCUT2D eigenvalue weighted by molar-refractivity contribution is -0.138. The molecule has 0 bridgehead atoms. The molecule has 18 heavy (non-hydrogen) atoms. The van der Waals surface area contributed by atoms with E-state index >= 15 is 0 Å². The molecule has 0 aliphatic carbocycles. The Morgan fingerprint density at radius 3 is 2.17 bits per heavy atom. The third-order valence-electron chi connectivity index (χ3n) is 2.58. The second-order valence-electron chi connectivity index (χ2n) is 4.48. The molecule has 0 aliphatic rings. The van der Waals surface area contributed by atoms with Gasteiger partial charge in [0.05, 0.1) is 7.11 Å². The highest BCUT2D eigenvalue weighted by Gasteiger charge is 2.21. The fourth-order valence-electron chi connectivity index (χ4n) is 1.48. The van der Waals surface area contributed by atoms with E-state index in [4.69, 9.17) is 0 Å². The summed E-state index contributed by atoms with van der Waals surface area (Å²) in [5.41, 5.74) is 2.04. The molecular weight excluding hydrogens is 228 g/mol. The number of carbonyl (C=O) groups is 2. The number of aryl methyl sites for hydroxylation is 1. The summed E-state index contributed by atoms with van der Waals surface area (Å²) in [4.78, 5) is 23.6. The number of ether oxygens (including phenoxy) is 1. The normalized spacial score (nSPS) is 11.5. The number of rotatable bonds is 4. The number of methoxy groups -OCH3 is 1. The van der Waals surface area contributed by atoms with Crippen LogP contribution in [-0.4, -0.2) is 18.9 Å². The SMILES string of the molecule is COC(=O)C(=Cc1ccc(C)cc1)C(=O)C(C)C. The van der Waals surface area contributed by atoms with Crippen molar-refractivity contribution in [3.63, 3.8) is 0 Å². The Hall–Kier alpha value is -1.90. The predicted octanol–water partition coefficient (Wildman–Crippen LogP) is 2.78. The van der Waals surface area contributed by atoms with E-state index in [-0.39, 0.29) is 17.3 Å². The smallest absolute Gasteiger partial charge is 0.341 e. The van der Waals surface area contributed by atoms with E-state index < -0.39 is 5.97 Å². The standard InChI is InChI=1S/C15H18O3/c1-10(2)14(16)13(15(17)18-4)9-12-7-5-11(3)6-8-12/h5-10H,1-4H3. The van der Waals surface area contributed by atoms with Crippen molar-refractivity contribution in [1.82, 2.24) is 0 Å². The molecule has 0 aromatic heterocycles. The minimum Gasteiger partial charge on any atom is -0.465 e. The van der Waals surface area contributed by atoms with Crippen LogP contribution in [0.5, 0.6) is 0 Å². The van der Waals surface area contributed by atoms with Crippen LogP contribution < -0.4 is 0 Å². The lowest BCUT2D eigenvalue weighted by Crippen LogP contribution is -2.18. The first-order valence-electron chi connectivity index (χ1n) is 5.86. The van der Waals surface area contributed by atoms with Crippen molar-refractivity contribution < 1.29 is 14.3 Å². The van der Waals surface area contributed by atoms with E-state index in [9.17, 15) is 9.59 Å². The number of benzene rings is 1. The molecule has 3 heteroatoms. The lowest BCUT2D eigenvalue weighted by atomic mass is 9.98. The molecule has 96 valence electrons. The summed E-state index contributed by atoms with van der Waals surface area (Å²) in [7, 11) is 1.28. The first kappa shape index (κ1) is 14.2. The molecule has 0 amide bonds. The van der Waals surface area contributed by atoms with Crippen molar-refractivity contribution in [2.45, 2.75) is 20.8 Å². The molecule has 1 aromatic rings. The Bertz CT molecular complexity index is 467. The molecule has 0 aliphatic heterocycles. The van der Waals surface area contributed by atoms with Gasteiger partial charge in [0.2, 0.25) is 0 Å². The molecule has 0 spiro atoms. The maximum absolute atomic E-state index is 11.9. The van der Waals surface area contributed by atoms with Crippen LogP contribution >= 0.6 is 0 Å². The van der Waals surface area contributed by atoms with Crippen LogP contribution in [0.1, 0.15) is 25.0 Å². The molecule has 3 nitrogen and oxygen atoms in total. The first-order valence-corrected chi connectivity index (χ1v) is 5.86. The van der Waals surface area contributed by atoms with Gasteiger partial charge in [0.1, 0.15) is 5.57 Å². The number of hydrogen-bond acceptors (Lipinski definition) is 3. The van der Waals surface area contributed by atoms with Crippen LogP contribution in [-0.2, 0) is 14.3 Å². The van der Waals surface area contributed by atoms with Crippen molar-refractivity contribution in [2.75, 3.05) is 7.11 Å². The van der Waals surface area contributed by atoms with Gasteiger partial charge in [0.25, 0.3) is 0 Å². The topological polar surface area (TPSA) is 43.4 Å². The zero-order valence-electron chi connectivity index (χ0n) is 11.2. The van der Waals surface area contributed by atoms with E-state index in [2.05, 4.69) is 4.74 Å². The third kappa shape index (κ3) is 3.55. The Morgan fingerprint density at radius 2 is 1.72 bits per heavy atom. The maximum atomic E-state index is 11.9. The molecule has 0 radical (unpaired) electrons. The predicted molar refractivity (Wildman–Crippen MR) is 71.0 cm³/mol. The van der Waals surface area contributed by atoms with Gasteiger partial charge in [0.15, 0.2) is 5.78 Å².